The molecule has 200 valence electrons. The number of nitrogens with zero attached hydrogens (tertiary/aromatic N) is 1. The highest BCUT2D eigenvalue weighted by molar-refractivity contribution is 5.90. The minimum absolute atomic E-state index is 0.0311. The van der Waals surface area contributed by atoms with Gasteiger partial charge in [-0.3, -0.25) is 4.79 Å². The zero-order chi connectivity index (χ0) is 25.6. The first-order chi connectivity index (χ1) is 18.1. The smallest absolute Gasteiger partial charge is 0.328 e. The van der Waals surface area contributed by atoms with Crippen LogP contribution in [0, 0.1) is 17.8 Å². The van der Waals surface area contributed by atoms with Gasteiger partial charge in [0.05, 0.1) is 18.1 Å². The van der Waals surface area contributed by atoms with Gasteiger partial charge < -0.3 is 19.9 Å². The lowest BCUT2D eigenvalue weighted by atomic mass is 9.75. The van der Waals surface area contributed by atoms with Gasteiger partial charge in [0, 0.05) is 18.5 Å². The maximum Gasteiger partial charge on any atom is 0.328 e. The van der Waals surface area contributed by atoms with Crippen molar-refractivity contribution < 1.29 is 24.2 Å². The molecule has 1 unspecified atom stereocenters. The molecular weight excluding hydrogens is 468 g/mol. The first-order valence-corrected chi connectivity index (χ1v) is 14.2. The van der Waals surface area contributed by atoms with E-state index in [2.05, 4.69) is 5.32 Å². The second-order valence-electron chi connectivity index (χ2n) is 11.1. The molecule has 0 radical (unpaired) electrons. The second-order valence-corrected chi connectivity index (χ2v) is 11.1. The number of benzene rings is 1. The molecule has 1 aromatic rings. The van der Waals surface area contributed by atoms with Gasteiger partial charge >= 0.3 is 5.97 Å². The molecule has 3 fully saturated rings. The number of hydrogen-bond donors (Lipinski definition) is 2. The van der Waals surface area contributed by atoms with Crippen molar-refractivity contribution in [2.45, 2.75) is 88.9 Å². The topological polar surface area (TPSA) is 97.2 Å². The number of hydrogen-bond acceptors (Lipinski definition) is 5. The molecule has 1 aromatic carbocycles. The van der Waals surface area contributed by atoms with Crippen LogP contribution in [0.2, 0.25) is 0 Å². The zero-order valence-electron chi connectivity index (χ0n) is 21.6. The third kappa shape index (κ3) is 6.43. The second kappa shape index (κ2) is 12.2. The van der Waals surface area contributed by atoms with Crippen molar-refractivity contribution in [3.63, 3.8) is 0 Å². The lowest BCUT2D eigenvalue weighted by Crippen LogP contribution is -2.35. The number of rotatable bonds is 11. The minimum atomic E-state index is -0.960. The van der Waals surface area contributed by atoms with E-state index in [1.807, 2.05) is 24.3 Å². The first kappa shape index (κ1) is 26.0. The number of carbonyl (C=O) groups is 2. The molecule has 1 saturated carbocycles. The van der Waals surface area contributed by atoms with E-state index in [4.69, 9.17) is 19.6 Å². The predicted molar refractivity (Wildman–Crippen MR) is 142 cm³/mol. The number of ether oxygens (including phenoxy) is 2. The summed E-state index contributed by atoms with van der Waals surface area (Å²) in [6.07, 6.45) is 16.2. The zero-order valence-corrected chi connectivity index (χ0v) is 21.6. The van der Waals surface area contributed by atoms with E-state index in [1.165, 1.54) is 51.0 Å². The Labute approximate surface area is 219 Å². The molecule has 1 aliphatic carbocycles. The molecular formula is C30H40N2O5. The van der Waals surface area contributed by atoms with Crippen LogP contribution < -0.4 is 5.32 Å². The van der Waals surface area contributed by atoms with E-state index < -0.39 is 12.0 Å². The molecule has 7 nitrogen and oxygen atoms in total. The number of amides is 1. The summed E-state index contributed by atoms with van der Waals surface area (Å²) in [5, 5.41) is 12.1. The number of fused-ring (bicyclic) bond motifs is 2. The third-order valence-corrected chi connectivity index (χ3v) is 8.66. The third-order valence-electron chi connectivity index (χ3n) is 8.66. The van der Waals surface area contributed by atoms with Gasteiger partial charge in [-0.25, -0.2) is 9.79 Å². The van der Waals surface area contributed by atoms with Crippen molar-refractivity contribution in [1.82, 2.24) is 5.32 Å². The van der Waals surface area contributed by atoms with E-state index in [-0.39, 0.29) is 30.0 Å². The lowest BCUT2D eigenvalue weighted by Gasteiger charge is -2.27. The van der Waals surface area contributed by atoms with Gasteiger partial charge in [0.2, 0.25) is 5.91 Å². The highest BCUT2D eigenvalue weighted by Gasteiger charge is 2.53. The Morgan fingerprint density at radius 1 is 1.05 bits per heavy atom. The lowest BCUT2D eigenvalue weighted by molar-refractivity contribution is -0.131. The van der Waals surface area contributed by atoms with Gasteiger partial charge in [-0.1, -0.05) is 69.2 Å². The number of unbranched alkanes of at least 4 members (excludes halogenated alkanes) is 1. The summed E-state index contributed by atoms with van der Waals surface area (Å²) in [5.74, 6) is 0.766. The van der Waals surface area contributed by atoms with Crippen molar-refractivity contribution in [2.75, 3.05) is 13.2 Å². The summed E-state index contributed by atoms with van der Waals surface area (Å²) < 4.78 is 12.3. The van der Waals surface area contributed by atoms with Crippen LogP contribution in [0.5, 0.6) is 0 Å². The number of aliphatic carboxylic acids is 1. The van der Waals surface area contributed by atoms with Gasteiger partial charge in [-0.2, -0.15) is 0 Å². The van der Waals surface area contributed by atoms with Crippen LogP contribution in [-0.2, 0) is 25.5 Å². The van der Waals surface area contributed by atoms with E-state index in [9.17, 15) is 9.59 Å². The molecule has 5 rings (SSSR count). The normalized spacial score (nSPS) is 29.4. The molecule has 2 bridgehead atoms. The summed E-state index contributed by atoms with van der Waals surface area (Å²) in [4.78, 5) is 28.6. The van der Waals surface area contributed by atoms with Crippen LogP contribution in [0.3, 0.4) is 0 Å². The Bertz CT molecular complexity index is 1010. The molecule has 0 aromatic heterocycles. The Kier molecular flexibility index (Phi) is 8.59. The quantitative estimate of drug-likeness (QED) is 0.331. The Morgan fingerprint density at radius 2 is 1.86 bits per heavy atom. The average molecular weight is 509 g/mol. The Hall–Kier alpha value is -2.67. The highest BCUT2D eigenvalue weighted by atomic mass is 16.5. The molecule has 3 aliphatic heterocycles. The van der Waals surface area contributed by atoms with Gasteiger partial charge in [-0.05, 0) is 48.8 Å². The minimum Gasteiger partial charge on any atom is -0.478 e. The van der Waals surface area contributed by atoms with Crippen LogP contribution in [0.4, 0.5) is 0 Å². The Morgan fingerprint density at radius 3 is 2.70 bits per heavy atom. The SMILES string of the molecule is O=C(O)/C=C/c1ccccc1C[C@@H]1[C@H](C2=NC(C(=O)NCCCCC3CCCCC3)CO2)[C@H]2CC[C@@H]1O2. The van der Waals surface area contributed by atoms with E-state index in [0.717, 1.165) is 42.7 Å². The van der Waals surface area contributed by atoms with Crippen LogP contribution in [-0.4, -0.2) is 54.3 Å². The largest absolute Gasteiger partial charge is 0.478 e. The van der Waals surface area contributed by atoms with E-state index >= 15 is 0 Å². The molecule has 4 aliphatic rings. The molecule has 0 spiro atoms. The molecule has 5 atom stereocenters. The number of carboxylic acid groups (broad SMARTS) is 1. The summed E-state index contributed by atoms with van der Waals surface area (Å²) >= 11 is 0. The number of carboxylic acids is 1. The van der Waals surface area contributed by atoms with E-state index in [1.54, 1.807) is 6.08 Å². The molecule has 7 heteroatoms. The van der Waals surface area contributed by atoms with Crippen LogP contribution in [0.25, 0.3) is 6.08 Å². The monoisotopic (exact) mass is 508 g/mol. The summed E-state index contributed by atoms with van der Waals surface area (Å²) in [6, 6.07) is 7.40. The molecule has 2 N–H and O–H groups in total. The van der Waals surface area contributed by atoms with Crippen molar-refractivity contribution in [3.05, 3.63) is 41.5 Å². The summed E-state index contributed by atoms with van der Waals surface area (Å²) in [6.45, 7) is 0.995. The highest BCUT2D eigenvalue weighted by Crippen LogP contribution is 2.46. The van der Waals surface area contributed by atoms with Gasteiger partial charge in [-0.15, -0.1) is 0 Å². The number of nitrogens with one attached hydrogen (secondary N) is 1. The average Bonchev–Trinajstić information content (AvgIpc) is 3.65. The molecule has 37 heavy (non-hydrogen) atoms. The van der Waals surface area contributed by atoms with Crippen molar-refractivity contribution >= 4 is 23.9 Å². The fourth-order valence-corrected chi connectivity index (χ4v) is 6.75. The van der Waals surface area contributed by atoms with Gasteiger partial charge in [0.15, 0.2) is 11.9 Å². The standard InChI is InChI=1S/C30H40N2O5/c33-27(34)16-13-21-11-4-5-12-22(21)18-23-25-14-15-26(37-25)28(23)30-32-24(19-36-30)29(35)31-17-7-6-10-20-8-2-1-3-9-20/h4-5,11-13,16,20,23-26,28H,1-3,6-10,14-15,17-19H2,(H,31,35)(H,33,34)/b16-13+/t23-,24?,25-,26+,28-/m0/s1. The predicted octanol–water partition coefficient (Wildman–Crippen LogP) is 4.78. The van der Waals surface area contributed by atoms with Crippen LogP contribution >= 0.6 is 0 Å². The fourth-order valence-electron chi connectivity index (χ4n) is 6.75. The van der Waals surface area contributed by atoms with Crippen molar-refractivity contribution in [2.24, 2.45) is 22.7 Å². The fraction of sp³-hybridized carbons (Fsp3) is 0.633. The molecule has 1 amide bonds. The van der Waals surface area contributed by atoms with Crippen molar-refractivity contribution in [1.29, 1.82) is 0 Å². The van der Waals surface area contributed by atoms with Gasteiger partial charge in [0.25, 0.3) is 0 Å². The van der Waals surface area contributed by atoms with Crippen LogP contribution in [0.1, 0.15) is 75.3 Å². The summed E-state index contributed by atoms with van der Waals surface area (Å²) in [5.41, 5.74) is 1.99. The maximum absolute atomic E-state index is 12.8. The number of carbonyl (C=O) groups excluding carboxylic acids is 1. The summed E-state index contributed by atoms with van der Waals surface area (Å²) in [7, 11) is 0. The number of aliphatic imine (C=N–C) groups is 1. The van der Waals surface area contributed by atoms with Crippen LogP contribution in [0.15, 0.2) is 35.3 Å². The Balaban J connectivity index is 1.16. The van der Waals surface area contributed by atoms with Crippen molar-refractivity contribution in [3.8, 4) is 0 Å². The molecule has 2 saturated heterocycles. The van der Waals surface area contributed by atoms with Gasteiger partial charge in [0.1, 0.15) is 6.61 Å². The molecule has 3 heterocycles. The first-order valence-electron chi connectivity index (χ1n) is 14.2. The van der Waals surface area contributed by atoms with E-state index in [0.29, 0.717) is 19.0 Å². The maximum atomic E-state index is 12.8.